The fourth-order valence-electron chi connectivity index (χ4n) is 3.22. The molecule has 0 aromatic heterocycles. The molecule has 9 nitrogen and oxygen atoms in total. The van der Waals surface area contributed by atoms with E-state index in [2.05, 4.69) is 0 Å². The van der Waals surface area contributed by atoms with Crippen molar-refractivity contribution in [2.45, 2.75) is 17.7 Å². The van der Waals surface area contributed by atoms with Gasteiger partial charge in [-0.05, 0) is 24.3 Å². The molecule has 2 aliphatic rings. The SMILES string of the molecule is O=C(CN1C(=O)CCC1=O)N1CCN(C(=O)CS(=O)(=O)c2ccc(Cl)cc2)CC1. The molecule has 0 unspecified atom stereocenters. The Labute approximate surface area is 173 Å². The second-order valence-corrected chi connectivity index (χ2v) is 9.27. The molecule has 2 saturated heterocycles. The third kappa shape index (κ3) is 4.94. The summed E-state index contributed by atoms with van der Waals surface area (Å²) < 4.78 is 24.8. The molecule has 0 saturated carbocycles. The Kier molecular flexibility index (Phi) is 6.23. The van der Waals surface area contributed by atoms with Gasteiger partial charge < -0.3 is 9.80 Å². The van der Waals surface area contributed by atoms with Crippen LogP contribution in [0.3, 0.4) is 0 Å². The molecule has 11 heteroatoms. The molecule has 2 heterocycles. The molecular formula is C18H20ClN3O6S. The van der Waals surface area contributed by atoms with Crippen molar-refractivity contribution in [3.05, 3.63) is 29.3 Å². The zero-order chi connectivity index (χ0) is 21.2. The van der Waals surface area contributed by atoms with Crippen molar-refractivity contribution in [2.75, 3.05) is 38.5 Å². The predicted octanol–water partition coefficient (Wildman–Crippen LogP) is -0.0665. The predicted molar refractivity (Wildman–Crippen MR) is 103 cm³/mol. The molecule has 0 N–H and O–H groups in total. The van der Waals surface area contributed by atoms with E-state index in [9.17, 15) is 27.6 Å². The number of nitrogens with zero attached hydrogens (tertiary/aromatic N) is 3. The molecular weight excluding hydrogens is 422 g/mol. The average Bonchev–Trinajstić information content (AvgIpc) is 3.00. The van der Waals surface area contributed by atoms with Gasteiger partial charge in [-0.15, -0.1) is 0 Å². The van der Waals surface area contributed by atoms with Crippen LogP contribution in [-0.2, 0) is 29.0 Å². The van der Waals surface area contributed by atoms with Crippen LogP contribution in [0.4, 0.5) is 0 Å². The van der Waals surface area contributed by atoms with E-state index in [-0.39, 0.29) is 68.2 Å². The molecule has 3 rings (SSSR count). The third-order valence-electron chi connectivity index (χ3n) is 4.92. The lowest BCUT2D eigenvalue weighted by Gasteiger charge is -2.35. The van der Waals surface area contributed by atoms with Crippen molar-refractivity contribution >= 4 is 45.1 Å². The number of likely N-dealkylation sites (tertiary alicyclic amines) is 1. The molecule has 1 aromatic carbocycles. The number of hydrogen-bond acceptors (Lipinski definition) is 6. The fraction of sp³-hybridized carbons (Fsp3) is 0.444. The number of imide groups is 1. The van der Waals surface area contributed by atoms with E-state index in [4.69, 9.17) is 11.6 Å². The number of amides is 4. The summed E-state index contributed by atoms with van der Waals surface area (Å²) in [7, 11) is -3.80. The summed E-state index contributed by atoms with van der Waals surface area (Å²) >= 11 is 5.76. The number of hydrogen-bond donors (Lipinski definition) is 0. The zero-order valence-electron chi connectivity index (χ0n) is 15.5. The van der Waals surface area contributed by atoms with Gasteiger partial charge >= 0.3 is 0 Å². The maximum Gasteiger partial charge on any atom is 0.242 e. The summed E-state index contributed by atoms with van der Waals surface area (Å²) in [6.07, 6.45) is 0.243. The fourth-order valence-corrected chi connectivity index (χ4v) is 4.57. The van der Waals surface area contributed by atoms with Gasteiger partial charge in [0.05, 0.1) is 4.90 Å². The van der Waals surface area contributed by atoms with E-state index < -0.39 is 21.5 Å². The molecule has 2 fully saturated rings. The quantitative estimate of drug-likeness (QED) is 0.591. The molecule has 29 heavy (non-hydrogen) atoms. The van der Waals surface area contributed by atoms with Gasteiger partial charge in [-0.1, -0.05) is 11.6 Å². The Morgan fingerprint density at radius 3 is 1.86 bits per heavy atom. The van der Waals surface area contributed by atoms with Crippen LogP contribution in [0.25, 0.3) is 0 Å². The summed E-state index contributed by atoms with van der Waals surface area (Å²) in [5.41, 5.74) is 0. The molecule has 4 amide bonds. The van der Waals surface area contributed by atoms with Gasteiger partial charge in [-0.25, -0.2) is 8.42 Å². The number of benzene rings is 1. The summed E-state index contributed by atoms with van der Waals surface area (Å²) in [6, 6.07) is 5.59. The standard InChI is InChI=1S/C18H20ClN3O6S/c19-13-1-3-14(4-2-13)29(27,28)12-18(26)21-9-7-20(8-10-21)17(25)11-22-15(23)5-6-16(22)24/h1-4H,5-12H2. The molecule has 1 aromatic rings. The Morgan fingerprint density at radius 2 is 1.34 bits per heavy atom. The lowest BCUT2D eigenvalue weighted by Crippen LogP contribution is -2.53. The van der Waals surface area contributed by atoms with Crippen LogP contribution >= 0.6 is 11.6 Å². The molecule has 0 radical (unpaired) electrons. The van der Waals surface area contributed by atoms with E-state index in [0.29, 0.717) is 5.02 Å². The Bertz CT molecular complexity index is 923. The van der Waals surface area contributed by atoms with Crippen LogP contribution in [0, 0.1) is 0 Å². The van der Waals surface area contributed by atoms with Gasteiger partial charge in [-0.3, -0.25) is 24.1 Å². The Hall–Kier alpha value is -2.46. The van der Waals surface area contributed by atoms with E-state index in [1.165, 1.54) is 34.1 Å². The third-order valence-corrected chi connectivity index (χ3v) is 6.79. The highest BCUT2D eigenvalue weighted by Gasteiger charge is 2.33. The number of halogens is 1. The van der Waals surface area contributed by atoms with Crippen molar-refractivity contribution in [1.29, 1.82) is 0 Å². The van der Waals surface area contributed by atoms with Crippen LogP contribution in [0.2, 0.25) is 5.02 Å². The number of carbonyl (C=O) groups is 4. The second kappa shape index (κ2) is 8.50. The lowest BCUT2D eigenvalue weighted by atomic mass is 10.3. The minimum Gasteiger partial charge on any atom is -0.338 e. The van der Waals surface area contributed by atoms with Crippen molar-refractivity contribution in [3.8, 4) is 0 Å². The molecule has 0 atom stereocenters. The normalized spacial score (nSPS) is 17.8. The summed E-state index contributed by atoms with van der Waals surface area (Å²) in [4.78, 5) is 51.8. The van der Waals surface area contributed by atoms with Gasteiger partial charge in [0.1, 0.15) is 12.3 Å². The minimum absolute atomic E-state index is 0.0176. The van der Waals surface area contributed by atoms with Crippen molar-refractivity contribution in [2.24, 2.45) is 0 Å². The number of sulfone groups is 1. The maximum atomic E-state index is 12.4. The van der Waals surface area contributed by atoms with Gasteiger partial charge in [0, 0.05) is 44.0 Å². The zero-order valence-corrected chi connectivity index (χ0v) is 17.1. The largest absolute Gasteiger partial charge is 0.338 e. The number of carbonyl (C=O) groups excluding carboxylic acids is 4. The molecule has 0 spiro atoms. The topological polar surface area (TPSA) is 112 Å². The molecule has 0 aliphatic carbocycles. The van der Waals surface area contributed by atoms with Gasteiger partial charge in [0.2, 0.25) is 23.6 Å². The van der Waals surface area contributed by atoms with Crippen molar-refractivity contribution in [1.82, 2.24) is 14.7 Å². The average molecular weight is 442 g/mol. The smallest absolute Gasteiger partial charge is 0.242 e. The first-order chi connectivity index (χ1) is 13.7. The highest BCUT2D eigenvalue weighted by molar-refractivity contribution is 7.92. The molecule has 0 bridgehead atoms. The first-order valence-corrected chi connectivity index (χ1v) is 11.1. The number of piperazine rings is 1. The second-order valence-electron chi connectivity index (χ2n) is 6.85. The van der Waals surface area contributed by atoms with Crippen LogP contribution in [-0.4, -0.2) is 85.2 Å². The van der Waals surface area contributed by atoms with Crippen LogP contribution in [0.15, 0.2) is 29.2 Å². The maximum absolute atomic E-state index is 12.4. The first kappa shape index (κ1) is 21.3. The van der Waals surface area contributed by atoms with Gasteiger partial charge in [0.25, 0.3) is 0 Å². The van der Waals surface area contributed by atoms with Crippen LogP contribution in [0.1, 0.15) is 12.8 Å². The van der Waals surface area contributed by atoms with Crippen molar-refractivity contribution in [3.63, 3.8) is 0 Å². The van der Waals surface area contributed by atoms with Crippen molar-refractivity contribution < 1.29 is 27.6 Å². The van der Waals surface area contributed by atoms with Gasteiger partial charge in [-0.2, -0.15) is 0 Å². The minimum atomic E-state index is -3.80. The van der Waals surface area contributed by atoms with Crippen LogP contribution < -0.4 is 0 Å². The molecule has 2 aliphatic heterocycles. The number of rotatable bonds is 5. The van der Waals surface area contributed by atoms with E-state index in [1.807, 2.05) is 0 Å². The molecule has 156 valence electrons. The van der Waals surface area contributed by atoms with Gasteiger partial charge in [0.15, 0.2) is 9.84 Å². The first-order valence-electron chi connectivity index (χ1n) is 9.04. The highest BCUT2D eigenvalue weighted by Crippen LogP contribution is 2.17. The van der Waals surface area contributed by atoms with E-state index in [1.54, 1.807) is 0 Å². The van der Waals surface area contributed by atoms with Crippen LogP contribution in [0.5, 0.6) is 0 Å². The Balaban J connectivity index is 1.52. The van der Waals surface area contributed by atoms with E-state index >= 15 is 0 Å². The Morgan fingerprint density at radius 1 is 0.862 bits per heavy atom. The summed E-state index contributed by atoms with van der Waals surface area (Å²) in [5, 5.41) is 0.397. The van der Waals surface area contributed by atoms with E-state index in [0.717, 1.165) is 4.90 Å². The lowest BCUT2D eigenvalue weighted by molar-refractivity contribution is -0.146. The monoisotopic (exact) mass is 441 g/mol. The highest BCUT2D eigenvalue weighted by atomic mass is 35.5. The summed E-state index contributed by atoms with van der Waals surface area (Å²) in [5.74, 6) is -2.29. The summed E-state index contributed by atoms with van der Waals surface area (Å²) in [6.45, 7) is 0.491.